The smallest absolute Gasteiger partial charge is 0.0431 e. The van der Waals surface area contributed by atoms with E-state index >= 15 is 0 Å². The molecule has 0 aliphatic carbocycles. The molecule has 4 nitrogen and oxygen atoms in total. The van der Waals surface area contributed by atoms with Crippen LogP contribution in [0.15, 0.2) is 0 Å². The van der Waals surface area contributed by atoms with E-state index in [9.17, 15) is 0 Å². The van der Waals surface area contributed by atoms with Gasteiger partial charge in [-0.05, 0) is 25.7 Å². The maximum absolute atomic E-state index is 8.20. The number of aliphatic hydroxyl groups excluding tert-OH is 4. The number of hydrogen-bond acceptors (Lipinski definition) is 4. The molecule has 26 heavy (non-hydrogen) atoms. The molecule has 0 spiro atoms. The molecule has 0 radical (unpaired) electrons. The fourth-order valence-electron chi connectivity index (χ4n) is 1.45. The fraction of sp³-hybridized carbons (Fsp3) is 1.00. The number of hydrogen-bond donors (Lipinski definition) is 4. The molecule has 0 heterocycles. The fourth-order valence-corrected chi connectivity index (χ4v) is 1.45. The normalized spacial score (nSPS) is 8.31. The predicted molar refractivity (Wildman–Crippen MR) is 113 cm³/mol. The Kier molecular flexibility index (Phi) is 89.0. The van der Waals surface area contributed by atoms with Crippen molar-refractivity contribution in [1.82, 2.24) is 0 Å². The molecule has 0 unspecified atom stereocenters. The molecule has 0 atom stereocenters. The van der Waals surface area contributed by atoms with Crippen LogP contribution in [0.25, 0.3) is 0 Å². The Morgan fingerprint density at radius 2 is 0.538 bits per heavy atom. The van der Waals surface area contributed by atoms with E-state index in [1.54, 1.807) is 0 Å². The summed E-state index contributed by atoms with van der Waals surface area (Å²) in [6.07, 6.45) is 13.3. The predicted octanol–water partition coefficient (Wildman–Crippen LogP) is 5.31. The second kappa shape index (κ2) is 56.2. The number of unbranched alkanes of at least 4 members (excludes halogenated alkanes) is 8. The number of rotatable bonds is 12. The summed E-state index contributed by atoms with van der Waals surface area (Å²) in [6.45, 7) is 9.90. The molecule has 0 aromatic carbocycles. The molecule has 0 amide bonds. The van der Waals surface area contributed by atoms with Gasteiger partial charge in [-0.15, -0.1) is 0 Å². The first kappa shape index (κ1) is 41.2. The Hall–Kier alpha value is 0.710. The van der Waals surface area contributed by atoms with Gasteiger partial charge in [0.1, 0.15) is 0 Å². The molecule has 0 saturated heterocycles. The molecule has 0 saturated carbocycles. The minimum Gasteiger partial charge on any atom is -0.396 e. The first-order valence-electron chi connectivity index (χ1n) is 10.1. The molecule has 0 aromatic rings. The maximum atomic E-state index is 8.20. The van der Waals surface area contributed by atoms with E-state index in [4.69, 9.17) is 20.4 Å². The average molecular weight is 547 g/mol. The van der Waals surface area contributed by atoms with Gasteiger partial charge in [0.25, 0.3) is 0 Å². The van der Waals surface area contributed by atoms with Crippen LogP contribution in [0, 0.1) is 0 Å². The van der Waals surface area contributed by atoms with Crippen molar-refractivity contribution in [3.8, 4) is 0 Å². The Morgan fingerprint density at radius 1 is 0.385 bits per heavy atom. The van der Waals surface area contributed by atoms with Crippen LogP contribution in [-0.4, -0.2) is 46.9 Å². The quantitative estimate of drug-likeness (QED) is 0.197. The largest absolute Gasteiger partial charge is 0.396 e. The van der Waals surface area contributed by atoms with Crippen LogP contribution in [0.4, 0.5) is 0 Å². The van der Waals surface area contributed by atoms with E-state index in [2.05, 4.69) is 27.7 Å². The third kappa shape index (κ3) is 86.0. The first-order chi connectivity index (χ1) is 11.7. The van der Waals surface area contributed by atoms with Crippen molar-refractivity contribution < 1.29 is 46.3 Å². The molecule has 0 aliphatic heterocycles. The van der Waals surface area contributed by atoms with Crippen LogP contribution in [0.5, 0.6) is 0 Å². The summed E-state index contributed by atoms with van der Waals surface area (Å²) in [6, 6.07) is 0. The van der Waals surface area contributed by atoms with Crippen molar-refractivity contribution in [1.29, 1.82) is 0 Å². The summed E-state index contributed by atoms with van der Waals surface area (Å²) in [4.78, 5) is 0. The van der Waals surface area contributed by atoms with Gasteiger partial charge in [-0.3, -0.25) is 0 Å². The van der Waals surface area contributed by atoms with Crippen LogP contribution < -0.4 is 0 Å². The SMILES string of the molecule is C.CCCCCO.CCCCCO.CCCCCO.CCCCCO.[Hf]. The monoisotopic (exact) mass is 548 g/mol. The van der Waals surface area contributed by atoms with Crippen LogP contribution in [0.1, 0.15) is 112 Å². The van der Waals surface area contributed by atoms with Crippen molar-refractivity contribution in [2.24, 2.45) is 0 Å². The van der Waals surface area contributed by atoms with Gasteiger partial charge in [-0.25, -0.2) is 0 Å². The van der Waals surface area contributed by atoms with Crippen molar-refractivity contribution in [2.45, 2.75) is 112 Å². The number of aliphatic hydroxyl groups is 4. The molecule has 164 valence electrons. The Bertz CT molecular complexity index is 102. The molecule has 0 aliphatic rings. The third-order valence-electron chi connectivity index (χ3n) is 3.05. The van der Waals surface area contributed by atoms with E-state index in [1.165, 1.54) is 25.7 Å². The first-order valence-corrected chi connectivity index (χ1v) is 10.1. The van der Waals surface area contributed by atoms with E-state index in [1.807, 2.05) is 0 Å². The second-order valence-electron chi connectivity index (χ2n) is 5.72. The van der Waals surface area contributed by atoms with Crippen molar-refractivity contribution in [2.75, 3.05) is 26.4 Å². The molecule has 0 aromatic heterocycles. The van der Waals surface area contributed by atoms with Crippen molar-refractivity contribution >= 4 is 0 Å². The molecule has 0 fully saturated rings. The standard InChI is InChI=1S/4C5H12O.CH4.Hf/c4*1-2-3-4-5-6;;/h4*6H,2-5H2,1H3;1H4;. The van der Waals surface area contributed by atoms with Gasteiger partial charge in [-0.2, -0.15) is 0 Å². The summed E-state index contributed by atoms with van der Waals surface area (Å²) < 4.78 is 0. The maximum Gasteiger partial charge on any atom is 0.0431 e. The summed E-state index contributed by atoms with van der Waals surface area (Å²) in [5.74, 6) is 0. The summed E-state index contributed by atoms with van der Waals surface area (Å²) in [7, 11) is 0. The molecular weight excluding hydrogens is 495 g/mol. The van der Waals surface area contributed by atoms with Crippen LogP contribution in [-0.2, 0) is 25.8 Å². The van der Waals surface area contributed by atoms with Gasteiger partial charge in [0.15, 0.2) is 0 Å². The zero-order chi connectivity index (χ0) is 19.3. The van der Waals surface area contributed by atoms with Crippen LogP contribution in [0.3, 0.4) is 0 Å². The molecule has 4 N–H and O–H groups in total. The Morgan fingerprint density at radius 3 is 0.577 bits per heavy atom. The third-order valence-corrected chi connectivity index (χ3v) is 3.05. The average Bonchev–Trinajstić information content (AvgIpc) is 2.62. The van der Waals surface area contributed by atoms with E-state index in [0.717, 1.165) is 51.4 Å². The topological polar surface area (TPSA) is 80.9 Å². The van der Waals surface area contributed by atoms with Gasteiger partial charge >= 0.3 is 0 Å². The minimum absolute atomic E-state index is 0. The van der Waals surface area contributed by atoms with Gasteiger partial charge in [0, 0.05) is 52.3 Å². The Labute approximate surface area is 184 Å². The van der Waals surface area contributed by atoms with Gasteiger partial charge in [-0.1, -0.05) is 86.5 Å². The summed E-state index contributed by atoms with van der Waals surface area (Å²) in [5.41, 5.74) is 0. The summed E-state index contributed by atoms with van der Waals surface area (Å²) >= 11 is 0. The molecule has 5 heteroatoms. The van der Waals surface area contributed by atoms with Crippen LogP contribution >= 0.6 is 0 Å². The summed E-state index contributed by atoms with van der Waals surface area (Å²) in [5, 5.41) is 32.8. The van der Waals surface area contributed by atoms with Crippen molar-refractivity contribution in [3.05, 3.63) is 0 Å². The van der Waals surface area contributed by atoms with Crippen LogP contribution in [0.2, 0.25) is 0 Å². The molecule has 0 bridgehead atoms. The van der Waals surface area contributed by atoms with Gasteiger partial charge < -0.3 is 20.4 Å². The van der Waals surface area contributed by atoms with E-state index < -0.39 is 0 Å². The Balaban J connectivity index is -0.0000000500. The second-order valence-corrected chi connectivity index (χ2v) is 5.72. The van der Waals surface area contributed by atoms with Gasteiger partial charge in [0.05, 0.1) is 0 Å². The van der Waals surface area contributed by atoms with E-state index in [0.29, 0.717) is 26.4 Å². The zero-order valence-corrected chi connectivity index (χ0v) is 21.2. The van der Waals surface area contributed by atoms with Crippen molar-refractivity contribution in [3.63, 3.8) is 0 Å². The molecular formula is C21H52HfO4. The molecule has 0 rings (SSSR count). The zero-order valence-electron chi connectivity index (χ0n) is 17.6. The minimum atomic E-state index is 0. The van der Waals surface area contributed by atoms with Gasteiger partial charge in [0.2, 0.25) is 0 Å². The van der Waals surface area contributed by atoms with E-state index in [-0.39, 0.29) is 33.3 Å².